The van der Waals surface area contributed by atoms with E-state index in [1.807, 2.05) is 6.07 Å². The van der Waals surface area contributed by atoms with E-state index in [-0.39, 0.29) is 6.10 Å². The largest absolute Gasteiger partial charge is 0.486 e. The summed E-state index contributed by atoms with van der Waals surface area (Å²) in [5.74, 6) is 1.04. The number of allylic oxidation sites excluding steroid dienone is 1. The number of fused-ring (bicyclic) bond motifs is 1. The maximum Gasteiger partial charge on any atom is 0.127 e. The fourth-order valence-electron chi connectivity index (χ4n) is 1.86. The Kier molecular flexibility index (Phi) is 2.58. The number of hydrogen-bond donors (Lipinski definition) is 0. The summed E-state index contributed by atoms with van der Waals surface area (Å²) in [6.45, 7) is 4.35. The third-order valence-electron chi connectivity index (χ3n) is 2.68. The summed E-state index contributed by atoms with van der Waals surface area (Å²) < 4.78 is 5.84. The number of para-hydroxylation sites is 1. The van der Waals surface area contributed by atoms with Crippen molar-refractivity contribution in [2.45, 2.75) is 32.8 Å². The lowest BCUT2D eigenvalue weighted by atomic mass is 9.97. The van der Waals surface area contributed by atoms with Gasteiger partial charge in [0.15, 0.2) is 0 Å². The third kappa shape index (κ3) is 1.54. The molecule has 0 N–H and O–H groups in total. The van der Waals surface area contributed by atoms with Crippen LogP contribution in [0, 0.1) is 0 Å². The first-order valence-corrected chi connectivity index (χ1v) is 5.32. The summed E-state index contributed by atoms with van der Waals surface area (Å²) in [6, 6.07) is 8.29. The minimum atomic E-state index is 0.264. The Morgan fingerprint density at radius 3 is 2.71 bits per heavy atom. The van der Waals surface area contributed by atoms with Crippen molar-refractivity contribution in [2.75, 3.05) is 0 Å². The first kappa shape index (κ1) is 9.32. The molecule has 1 aromatic carbocycles. The lowest BCUT2D eigenvalue weighted by molar-refractivity contribution is 0.240. The highest BCUT2D eigenvalue weighted by Crippen LogP contribution is 2.33. The predicted octanol–water partition coefficient (Wildman–Crippen LogP) is 3.65. The summed E-state index contributed by atoms with van der Waals surface area (Å²) in [6.07, 6.45) is 4.64. The summed E-state index contributed by atoms with van der Waals surface area (Å²) in [7, 11) is 0. The van der Waals surface area contributed by atoms with E-state index in [0.29, 0.717) is 0 Å². The van der Waals surface area contributed by atoms with Crippen LogP contribution in [0.4, 0.5) is 0 Å². The van der Waals surface area contributed by atoms with Crippen molar-refractivity contribution in [3.8, 4) is 5.75 Å². The summed E-state index contributed by atoms with van der Waals surface area (Å²) in [5.41, 5.74) is 2.68. The fraction of sp³-hybridized carbons (Fsp3) is 0.385. The molecule has 2 rings (SSSR count). The van der Waals surface area contributed by atoms with Gasteiger partial charge < -0.3 is 4.74 Å². The second-order valence-electron chi connectivity index (χ2n) is 3.61. The average Bonchev–Trinajstić information content (AvgIpc) is 2.27. The van der Waals surface area contributed by atoms with Crippen LogP contribution in [-0.4, -0.2) is 6.10 Å². The van der Waals surface area contributed by atoms with Crippen LogP contribution in [0.25, 0.3) is 5.57 Å². The van der Waals surface area contributed by atoms with Crippen LogP contribution >= 0.6 is 0 Å². The van der Waals surface area contributed by atoms with E-state index < -0.39 is 0 Å². The van der Waals surface area contributed by atoms with Gasteiger partial charge in [0.05, 0.1) is 0 Å². The number of hydrogen-bond acceptors (Lipinski definition) is 1. The zero-order valence-corrected chi connectivity index (χ0v) is 8.79. The molecule has 1 heteroatoms. The monoisotopic (exact) mass is 188 g/mol. The molecule has 0 aromatic heterocycles. The van der Waals surface area contributed by atoms with Gasteiger partial charge in [-0.15, -0.1) is 0 Å². The standard InChI is InChI=1S/C13H16O/c1-3-10-9-11(4-2)14-13-8-6-5-7-12(10)13/h5-9,11H,3-4H2,1-2H3. The molecule has 74 valence electrons. The van der Waals surface area contributed by atoms with Crippen LogP contribution < -0.4 is 4.74 Å². The summed E-state index contributed by atoms with van der Waals surface area (Å²) in [5, 5.41) is 0. The SMILES string of the molecule is CCC1=CC(CC)Oc2ccccc21. The molecule has 1 atom stereocenters. The molecule has 0 amide bonds. The molecule has 1 nitrogen and oxygen atoms in total. The highest BCUT2D eigenvalue weighted by atomic mass is 16.5. The van der Waals surface area contributed by atoms with E-state index in [4.69, 9.17) is 4.74 Å². The maximum absolute atomic E-state index is 5.84. The highest BCUT2D eigenvalue weighted by molar-refractivity contribution is 5.72. The Balaban J connectivity index is 2.42. The first-order valence-electron chi connectivity index (χ1n) is 5.32. The van der Waals surface area contributed by atoms with Gasteiger partial charge in [0.25, 0.3) is 0 Å². The third-order valence-corrected chi connectivity index (χ3v) is 2.68. The van der Waals surface area contributed by atoms with Gasteiger partial charge in [-0.25, -0.2) is 0 Å². The highest BCUT2D eigenvalue weighted by Gasteiger charge is 2.17. The Morgan fingerprint density at radius 1 is 1.21 bits per heavy atom. The average molecular weight is 188 g/mol. The number of rotatable bonds is 2. The van der Waals surface area contributed by atoms with Crippen molar-refractivity contribution in [1.29, 1.82) is 0 Å². The molecule has 1 aromatic rings. The molecule has 1 heterocycles. The van der Waals surface area contributed by atoms with Gasteiger partial charge in [-0.1, -0.05) is 32.0 Å². The molecule has 1 aliphatic rings. The molecule has 0 spiro atoms. The smallest absolute Gasteiger partial charge is 0.127 e. The van der Waals surface area contributed by atoms with Crippen LogP contribution in [0.5, 0.6) is 5.75 Å². The van der Waals surface area contributed by atoms with E-state index in [1.54, 1.807) is 0 Å². The first-order chi connectivity index (χ1) is 6.85. The van der Waals surface area contributed by atoms with Crippen LogP contribution in [-0.2, 0) is 0 Å². The predicted molar refractivity (Wildman–Crippen MR) is 59.4 cm³/mol. The second-order valence-corrected chi connectivity index (χ2v) is 3.61. The topological polar surface area (TPSA) is 9.23 Å². The second kappa shape index (κ2) is 3.87. The summed E-state index contributed by atoms with van der Waals surface area (Å²) in [4.78, 5) is 0. The molecule has 1 aliphatic heterocycles. The molecule has 0 radical (unpaired) electrons. The van der Waals surface area contributed by atoms with Gasteiger partial charge >= 0.3 is 0 Å². The Labute approximate surface area is 85.4 Å². The van der Waals surface area contributed by atoms with Gasteiger partial charge in [0.1, 0.15) is 11.9 Å². The van der Waals surface area contributed by atoms with E-state index in [1.165, 1.54) is 11.1 Å². The Morgan fingerprint density at radius 2 is 2.00 bits per heavy atom. The molecule has 0 fully saturated rings. The molecule has 0 bridgehead atoms. The van der Waals surface area contributed by atoms with Crippen LogP contribution in [0.2, 0.25) is 0 Å². The molecule has 0 aliphatic carbocycles. The molecular formula is C13H16O. The quantitative estimate of drug-likeness (QED) is 0.688. The molecular weight excluding hydrogens is 172 g/mol. The lowest BCUT2D eigenvalue weighted by Gasteiger charge is -2.24. The maximum atomic E-state index is 5.84. The zero-order valence-electron chi connectivity index (χ0n) is 8.79. The number of ether oxygens (including phenoxy) is 1. The Bertz CT molecular complexity index is 352. The molecule has 1 unspecified atom stereocenters. The van der Waals surface area contributed by atoms with Crippen molar-refractivity contribution in [3.63, 3.8) is 0 Å². The van der Waals surface area contributed by atoms with Crippen molar-refractivity contribution in [2.24, 2.45) is 0 Å². The minimum absolute atomic E-state index is 0.264. The van der Waals surface area contributed by atoms with E-state index >= 15 is 0 Å². The molecule has 14 heavy (non-hydrogen) atoms. The van der Waals surface area contributed by atoms with Crippen molar-refractivity contribution in [3.05, 3.63) is 35.9 Å². The molecule has 0 saturated heterocycles. The number of benzene rings is 1. The zero-order chi connectivity index (χ0) is 9.97. The normalized spacial score (nSPS) is 19.6. The van der Waals surface area contributed by atoms with Crippen molar-refractivity contribution in [1.82, 2.24) is 0 Å². The van der Waals surface area contributed by atoms with Gasteiger partial charge in [-0.2, -0.15) is 0 Å². The van der Waals surface area contributed by atoms with Crippen molar-refractivity contribution < 1.29 is 4.74 Å². The van der Waals surface area contributed by atoms with Gasteiger partial charge in [0.2, 0.25) is 0 Å². The van der Waals surface area contributed by atoms with Crippen molar-refractivity contribution >= 4 is 5.57 Å². The van der Waals surface area contributed by atoms with Crippen LogP contribution in [0.1, 0.15) is 32.3 Å². The molecule has 0 saturated carbocycles. The Hall–Kier alpha value is -1.24. The van der Waals surface area contributed by atoms with Crippen LogP contribution in [0.15, 0.2) is 30.3 Å². The van der Waals surface area contributed by atoms with Gasteiger partial charge in [0, 0.05) is 5.56 Å². The minimum Gasteiger partial charge on any atom is -0.486 e. The summed E-state index contributed by atoms with van der Waals surface area (Å²) >= 11 is 0. The van der Waals surface area contributed by atoms with Gasteiger partial charge in [-0.05, 0) is 30.6 Å². The van der Waals surface area contributed by atoms with Gasteiger partial charge in [-0.3, -0.25) is 0 Å². The van der Waals surface area contributed by atoms with Crippen LogP contribution in [0.3, 0.4) is 0 Å². The van der Waals surface area contributed by atoms with E-state index in [2.05, 4.69) is 38.1 Å². The van der Waals surface area contributed by atoms with E-state index in [0.717, 1.165) is 18.6 Å². The van der Waals surface area contributed by atoms with E-state index in [9.17, 15) is 0 Å². The lowest BCUT2D eigenvalue weighted by Crippen LogP contribution is -2.17. The fourth-order valence-corrected chi connectivity index (χ4v) is 1.86.